The molecule has 6 nitrogen and oxygen atoms in total. The second kappa shape index (κ2) is 11.0. The lowest BCUT2D eigenvalue weighted by Crippen LogP contribution is -2.27. The molecule has 3 aromatic carbocycles. The molecule has 1 aromatic heterocycles. The molecule has 1 amide bonds. The standard InChI is InChI=1S/C26H22Cl3N3O3/c1-34-20-8-9-21(25(14-20)35-2)23-15-24(32(31-23)19-5-3-4-17(27)12-19)26(33)30-11-10-16-6-7-18(28)13-22(16)29/h3-9,12-15H,10-11H2,1-2H3,(H,30,33). The Kier molecular flexibility index (Phi) is 7.86. The van der Waals surface area contributed by atoms with E-state index in [1.165, 1.54) is 0 Å². The summed E-state index contributed by atoms with van der Waals surface area (Å²) in [4.78, 5) is 13.2. The lowest BCUT2D eigenvalue weighted by molar-refractivity contribution is 0.0946. The third-order valence-corrected chi connectivity index (χ3v) is 6.20. The minimum atomic E-state index is -0.290. The van der Waals surface area contributed by atoms with Crippen LogP contribution in [-0.2, 0) is 6.42 Å². The number of carbonyl (C=O) groups excluding carboxylic acids is 1. The van der Waals surface area contributed by atoms with Crippen molar-refractivity contribution in [1.82, 2.24) is 15.1 Å². The first-order chi connectivity index (χ1) is 16.9. The number of aromatic nitrogens is 2. The van der Waals surface area contributed by atoms with Gasteiger partial charge >= 0.3 is 0 Å². The molecule has 0 unspecified atom stereocenters. The van der Waals surface area contributed by atoms with Gasteiger partial charge in [-0.3, -0.25) is 4.79 Å². The fourth-order valence-corrected chi connectivity index (χ4v) is 4.30. The van der Waals surface area contributed by atoms with Crippen molar-refractivity contribution in [2.24, 2.45) is 0 Å². The number of hydrogen-bond acceptors (Lipinski definition) is 4. The second-order valence-electron chi connectivity index (χ2n) is 7.61. The predicted octanol–water partition coefficient (Wildman–Crippen LogP) is 6.49. The van der Waals surface area contributed by atoms with Crippen molar-refractivity contribution < 1.29 is 14.3 Å². The van der Waals surface area contributed by atoms with E-state index in [1.807, 2.05) is 24.3 Å². The Morgan fingerprint density at radius 1 is 0.943 bits per heavy atom. The van der Waals surface area contributed by atoms with Crippen LogP contribution in [0.3, 0.4) is 0 Å². The third kappa shape index (κ3) is 5.73. The molecule has 1 N–H and O–H groups in total. The van der Waals surface area contributed by atoms with Gasteiger partial charge in [0.15, 0.2) is 0 Å². The van der Waals surface area contributed by atoms with Crippen molar-refractivity contribution in [3.63, 3.8) is 0 Å². The van der Waals surface area contributed by atoms with E-state index in [0.29, 0.717) is 56.6 Å². The van der Waals surface area contributed by atoms with Crippen molar-refractivity contribution in [3.8, 4) is 28.4 Å². The molecule has 35 heavy (non-hydrogen) atoms. The zero-order chi connectivity index (χ0) is 24.9. The van der Waals surface area contributed by atoms with Crippen LogP contribution in [0.25, 0.3) is 16.9 Å². The quantitative estimate of drug-likeness (QED) is 0.283. The number of benzene rings is 3. The summed E-state index contributed by atoms with van der Waals surface area (Å²) in [6.45, 7) is 0.377. The molecule has 0 saturated heterocycles. The Balaban J connectivity index is 1.66. The minimum Gasteiger partial charge on any atom is -0.497 e. The molecule has 0 bridgehead atoms. The average Bonchev–Trinajstić information content (AvgIpc) is 3.30. The van der Waals surface area contributed by atoms with Gasteiger partial charge in [0.05, 0.1) is 25.6 Å². The Morgan fingerprint density at radius 2 is 1.74 bits per heavy atom. The minimum absolute atomic E-state index is 0.290. The van der Waals surface area contributed by atoms with Crippen LogP contribution < -0.4 is 14.8 Å². The van der Waals surface area contributed by atoms with E-state index in [2.05, 4.69) is 5.32 Å². The van der Waals surface area contributed by atoms with E-state index in [1.54, 1.807) is 61.4 Å². The summed E-state index contributed by atoms with van der Waals surface area (Å²) in [5.74, 6) is 0.935. The Bertz CT molecular complexity index is 1370. The molecule has 180 valence electrons. The van der Waals surface area contributed by atoms with Crippen LogP contribution in [0.5, 0.6) is 11.5 Å². The van der Waals surface area contributed by atoms with Crippen molar-refractivity contribution in [3.05, 3.63) is 93.1 Å². The number of nitrogens with one attached hydrogen (secondary N) is 1. The molecule has 0 fully saturated rings. The fourth-order valence-electron chi connectivity index (χ4n) is 3.61. The first-order valence-corrected chi connectivity index (χ1v) is 11.8. The normalized spacial score (nSPS) is 10.8. The number of carbonyl (C=O) groups is 1. The molecule has 4 aromatic rings. The number of halogens is 3. The van der Waals surface area contributed by atoms with Gasteiger partial charge in [0.1, 0.15) is 17.2 Å². The zero-order valence-electron chi connectivity index (χ0n) is 19.0. The maximum absolute atomic E-state index is 13.2. The maximum Gasteiger partial charge on any atom is 0.270 e. The van der Waals surface area contributed by atoms with E-state index in [9.17, 15) is 4.79 Å². The molecule has 0 atom stereocenters. The number of rotatable bonds is 8. The maximum atomic E-state index is 13.2. The topological polar surface area (TPSA) is 65.4 Å². The van der Waals surface area contributed by atoms with Crippen LogP contribution in [0.15, 0.2) is 66.7 Å². The molecule has 1 heterocycles. The van der Waals surface area contributed by atoms with E-state index in [4.69, 9.17) is 49.4 Å². The summed E-state index contributed by atoms with van der Waals surface area (Å²) >= 11 is 18.4. The lowest BCUT2D eigenvalue weighted by Gasteiger charge is -2.10. The molecule has 0 aliphatic heterocycles. The second-order valence-corrected chi connectivity index (χ2v) is 8.89. The van der Waals surface area contributed by atoms with Crippen LogP contribution in [0.1, 0.15) is 16.1 Å². The monoisotopic (exact) mass is 529 g/mol. The summed E-state index contributed by atoms with van der Waals surface area (Å²) in [7, 11) is 3.16. The molecule has 0 aliphatic rings. The summed E-state index contributed by atoms with van der Waals surface area (Å²) in [6, 6.07) is 19.6. The SMILES string of the molecule is COc1ccc(-c2cc(C(=O)NCCc3ccc(Cl)cc3Cl)n(-c3cccc(Cl)c3)n2)c(OC)c1. The molecule has 0 spiro atoms. The summed E-state index contributed by atoms with van der Waals surface area (Å²) in [5, 5.41) is 9.31. The predicted molar refractivity (Wildman–Crippen MR) is 140 cm³/mol. The van der Waals surface area contributed by atoms with Gasteiger partial charge in [-0.05, 0) is 60.5 Å². The smallest absolute Gasteiger partial charge is 0.270 e. The summed E-state index contributed by atoms with van der Waals surface area (Å²) in [6.07, 6.45) is 0.548. The number of methoxy groups -OCH3 is 2. The fraction of sp³-hybridized carbons (Fsp3) is 0.154. The van der Waals surface area contributed by atoms with Gasteiger partial charge in [-0.15, -0.1) is 0 Å². The van der Waals surface area contributed by atoms with Crippen LogP contribution >= 0.6 is 34.8 Å². The van der Waals surface area contributed by atoms with Crippen LogP contribution in [-0.4, -0.2) is 36.5 Å². The lowest BCUT2D eigenvalue weighted by atomic mass is 10.1. The Hall–Kier alpha value is -3.19. The van der Waals surface area contributed by atoms with Crippen molar-refractivity contribution in [1.29, 1.82) is 0 Å². The molecule has 4 rings (SSSR count). The van der Waals surface area contributed by atoms with Gasteiger partial charge in [-0.25, -0.2) is 4.68 Å². The van der Waals surface area contributed by atoms with Crippen LogP contribution in [0, 0.1) is 0 Å². The van der Waals surface area contributed by atoms with Crippen molar-refractivity contribution in [2.45, 2.75) is 6.42 Å². The highest BCUT2D eigenvalue weighted by atomic mass is 35.5. The molecule has 0 aliphatic carbocycles. The van der Waals surface area contributed by atoms with Crippen molar-refractivity contribution >= 4 is 40.7 Å². The van der Waals surface area contributed by atoms with Crippen LogP contribution in [0.2, 0.25) is 15.1 Å². The highest BCUT2D eigenvalue weighted by Crippen LogP contribution is 2.33. The van der Waals surface area contributed by atoms with E-state index in [-0.39, 0.29) is 5.91 Å². The summed E-state index contributed by atoms with van der Waals surface area (Å²) in [5.41, 5.74) is 3.18. The van der Waals surface area contributed by atoms with Gasteiger partial charge < -0.3 is 14.8 Å². The number of hydrogen-bond donors (Lipinski definition) is 1. The number of amides is 1. The van der Waals surface area contributed by atoms with Gasteiger partial charge in [0.2, 0.25) is 0 Å². The highest BCUT2D eigenvalue weighted by molar-refractivity contribution is 6.35. The molecular formula is C26H22Cl3N3O3. The van der Waals surface area contributed by atoms with E-state index in [0.717, 1.165) is 11.1 Å². The number of nitrogens with zero attached hydrogens (tertiary/aromatic N) is 2. The first kappa shape index (κ1) is 24.9. The molecular weight excluding hydrogens is 509 g/mol. The molecule has 0 saturated carbocycles. The van der Waals surface area contributed by atoms with Gasteiger partial charge in [0, 0.05) is 33.2 Å². The largest absolute Gasteiger partial charge is 0.497 e. The van der Waals surface area contributed by atoms with E-state index >= 15 is 0 Å². The Labute approximate surface area is 218 Å². The highest BCUT2D eigenvalue weighted by Gasteiger charge is 2.20. The zero-order valence-corrected chi connectivity index (χ0v) is 21.3. The number of ether oxygens (including phenoxy) is 2. The first-order valence-electron chi connectivity index (χ1n) is 10.7. The summed E-state index contributed by atoms with van der Waals surface area (Å²) < 4.78 is 12.4. The molecule has 9 heteroatoms. The third-order valence-electron chi connectivity index (χ3n) is 5.37. The van der Waals surface area contributed by atoms with Gasteiger partial charge in [-0.1, -0.05) is 46.9 Å². The van der Waals surface area contributed by atoms with Crippen LogP contribution in [0.4, 0.5) is 0 Å². The van der Waals surface area contributed by atoms with Crippen molar-refractivity contribution in [2.75, 3.05) is 20.8 Å². The average molecular weight is 531 g/mol. The molecule has 0 radical (unpaired) electrons. The van der Waals surface area contributed by atoms with Gasteiger partial charge in [-0.2, -0.15) is 5.10 Å². The Morgan fingerprint density at radius 3 is 2.46 bits per heavy atom. The van der Waals surface area contributed by atoms with E-state index < -0.39 is 0 Å². The van der Waals surface area contributed by atoms with Gasteiger partial charge in [0.25, 0.3) is 5.91 Å².